The van der Waals surface area contributed by atoms with Crippen LogP contribution in [0.25, 0.3) is 0 Å². The minimum absolute atomic E-state index is 0.101. The molecule has 1 N–H and O–H groups in total. The number of hydrogen-bond acceptors (Lipinski definition) is 3. The van der Waals surface area contributed by atoms with Crippen molar-refractivity contribution in [1.82, 2.24) is 0 Å². The summed E-state index contributed by atoms with van der Waals surface area (Å²) in [5.41, 5.74) is 0. The first-order valence-corrected chi connectivity index (χ1v) is 4.78. The quantitative estimate of drug-likeness (QED) is 0.422. The van der Waals surface area contributed by atoms with Gasteiger partial charge in [-0.1, -0.05) is 6.08 Å². The molecule has 0 aliphatic carbocycles. The van der Waals surface area contributed by atoms with Crippen LogP contribution in [-0.2, 0) is 9.53 Å². The molecule has 0 saturated carbocycles. The molecular formula is C9H13ClO3. The summed E-state index contributed by atoms with van der Waals surface area (Å²) in [5.74, 6) is -0.185. The van der Waals surface area contributed by atoms with Crippen molar-refractivity contribution in [2.24, 2.45) is 11.8 Å². The fourth-order valence-electron chi connectivity index (χ4n) is 1.63. The van der Waals surface area contributed by atoms with Gasteiger partial charge in [0.25, 0.3) is 0 Å². The first-order chi connectivity index (χ1) is 6.24. The fraction of sp³-hybridized carbons (Fsp3) is 0.667. The van der Waals surface area contributed by atoms with Crippen LogP contribution in [0, 0.1) is 11.8 Å². The number of rotatable bonds is 4. The average Bonchev–Trinajstić information content (AvgIpc) is 2.44. The van der Waals surface area contributed by atoms with E-state index in [0.29, 0.717) is 12.3 Å². The molecule has 0 aromatic rings. The van der Waals surface area contributed by atoms with Crippen LogP contribution in [0.15, 0.2) is 12.7 Å². The Bertz CT molecular complexity index is 205. The van der Waals surface area contributed by atoms with E-state index >= 15 is 0 Å². The summed E-state index contributed by atoms with van der Waals surface area (Å²) in [4.78, 5) is 11.3. The summed E-state index contributed by atoms with van der Waals surface area (Å²) in [7, 11) is 0. The van der Waals surface area contributed by atoms with Gasteiger partial charge in [-0.25, -0.2) is 0 Å². The van der Waals surface area contributed by atoms with Gasteiger partial charge in [0.15, 0.2) is 0 Å². The second-order valence-corrected chi connectivity index (χ2v) is 3.43. The van der Waals surface area contributed by atoms with Crippen molar-refractivity contribution in [3.8, 4) is 0 Å². The summed E-state index contributed by atoms with van der Waals surface area (Å²) < 4.78 is 4.96. The van der Waals surface area contributed by atoms with Crippen LogP contribution in [0.1, 0.15) is 6.42 Å². The van der Waals surface area contributed by atoms with Crippen LogP contribution >= 0.6 is 11.6 Å². The predicted octanol–water partition coefficient (Wildman–Crippen LogP) is 0.951. The number of hydrogen-bond donors (Lipinski definition) is 1. The van der Waals surface area contributed by atoms with Gasteiger partial charge in [0.2, 0.25) is 0 Å². The van der Waals surface area contributed by atoms with Gasteiger partial charge < -0.3 is 9.84 Å². The Morgan fingerprint density at radius 2 is 2.38 bits per heavy atom. The Balaban J connectivity index is 2.70. The molecule has 3 nitrogen and oxygen atoms in total. The van der Waals surface area contributed by atoms with Crippen LogP contribution < -0.4 is 0 Å². The molecule has 0 aromatic carbocycles. The molecule has 74 valence electrons. The number of cyclic esters (lactones) is 1. The van der Waals surface area contributed by atoms with E-state index in [1.165, 1.54) is 0 Å². The SMILES string of the molecule is C=C[C@@H]1[C@H](CCCl)C(=O)O[C@@H]1CO. The summed E-state index contributed by atoms with van der Waals surface area (Å²) in [6.45, 7) is 3.47. The van der Waals surface area contributed by atoms with Crippen LogP contribution in [0.3, 0.4) is 0 Å². The van der Waals surface area contributed by atoms with Crippen molar-refractivity contribution in [1.29, 1.82) is 0 Å². The highest BCUT2D eigenvalue weighted by molar-refractivity contribution is 6.18. The zero-order chi connectivity index (χ0) is 9.84. The fourth-order valence-corrected chi connectivity index (χ4v) is 1.87. The number of aliphatic hydroxyl groups is 1. The van der Waals surface area contributed by atoms with E-state index in [0.717, 1.165) is 0 Å². The molecule has 1 fully saturated rings. The lowest BCUT2D eigenvalue weighted by Gasteiger charge is -2.13. The number of alkyl halides is 1. The van der Waals surface area contributed by atoms with Crippen molar-refractivity contribution < 1.29 is 14.6 Å². The third kappa shape index (κ3) is 2.03. The molecule has 1 aliphatic heterocycles. The Labute approximate surface area is 82.3 Å². The Morgan fingerprint density at radius 3 is 2.85 bits per heavy atom. The Morgan fingerprint density at radius 1 is 1.69 bits per heavy atom. The maximum Gasteiger partial charge on any atom is 0.310 e. The van der Waals surface area contributed by atoms with Crippen LogP contribution in [0.4, 0.5) is 0 Å². The number of ether oxygens (including phenoxy) is 1. The molecule has 3 atom stereocenters. The van der Waals surface area contributed by atoms with E-state index in [2.05, 4.69) is 6.58 Å². The normalized spacial score (nSPS) is 33.1. The molecule has 1 heterocycles. The number of esters is 1. The first kappa shape index (κ1) is 10.5. The molecule has 0 aromatic heterocycles. The molecule has 1 saturated heterocycles. The van der Waals surface area contributed by atoms with E-state index in [9.17, 15) is 4.79 Å². The lowest BCUT2D eigenvalue weighted by molar-refractivity contribution is -0.145. The summed E-state index contributed by atoms with van der Waals surface area (Å²) in [5, 5.41) is 8.91. The molecule has 13 heavy (non-hydrogen) atoms. The monoisotopic (exact) mass is 204 g/mol. The van der Waals surface area contributed by atoms with E-state index in [4.69, 9.17) is 21.4 Å². The third-order valence-corrected chi connectivity index (χ3v) is 2.55. The van der Waals surface area contributed by atoms with E-state index in [-0.39, 0.29) is 24.4 Å². The molecule has 0 bridgehead atoms. The molecular weight excluding hydrogens is 192 g/mol. The first-order valence-electron chi connectivity index (χ1n) is 4.24. The van der Waals surface area contributed by atoms with E-state index < -0.39 is 6.10 Å². The minimum Gasteiger partial charge on any atom is -0.459 e. The maximum absolute atomic E-state index is 11.3. The molecule has 4 heteroatoms. The summed E-state index contributed by atoms with van der Waals surface area (Å²) in [6, 6.07) is 0. The van der Waals surface area contributed by atoms with Crippen LogP contribution in [-0.4, -0.2) is 29.7 Å². The zero-order valence-electron chi connectivity index (χ0n) is 7.28. The van der Waals surface area contributed by atoms with Crippen LogP contribution in [0.5, 0.6) is 0 Å². The second-order valence-electron chi connectivity index (χ2n) is 3.06. The smallest absolute Gasteiger partial charge is 0.310 e. The Kier molecular flexibility index (Phi) is 3.75. The van der Waals surface area contributed by atoms with Crippen molar-refractivity contribution in [2.45, 2.75) is 12.5 Å². The molecule has 0 spiro atoms. The molecule has 0 amide bonds. The number of aliphatic hydroxyl groups excluding tert-OH is 1. The van der Waals surface area contributed by atoms with Gasteiger partial charge in [0.05, 0.1) is 12.5 Å². The minimum atomic E-state index is -0.432. The molecule has 0 radical (unpaired) electrons. The van der Waals surface area contributed by atoms with Crippen molar-refractivity contribution in [2.75, 3.05) is 12.5 Å². The van der Waals surface area contributed by atoms with Gasteiger partial charge in [-0.3, -0.25) is 4.79 Å². The lowest BCUT2D eigenvalue weighted by Crippen LogP contribution is -2.22. The summed E-state index contributed by atoms with van der Waals surface area (Å²) in [6.07, 6.45) is 1.80. The van der Waals surface area contributed by atoms with Gasteiger partial charge in [0.1, 0.15) is 6.10 Å². The lowest BCUT2D eigenvalue weighted by atomic mass is 9.89. The van der Waals surface area contributed by atoms with Crippen molar-refractivity contribution >= 4 is 17.6 Å². The number of halogens is 1. The highest BCUT2D eigenvalue weighted by Crippen LogP contribution is 2.31. The zero-order valence-corrected chi connectivity index (χ0v) is 8.04. The van der Waals surface area contributed by atoms with E-state index in [1.54, 1.807) is 6.08 Å². The molecule has 1 rings (SSSR count). The molecule has 1 aliphatic rings. The molecule has 0 unspecified atom stereocenters. The average molecular weight is 205 g/mol. The van der Waals surface area contributed by atoms with Crippen molar-refractivity contribution in [3.05, 3.63) is 12.7 Å². The van der Waals surface area contributed by atoms with Gasteiger partial charge in [-0.05, 0) is 6.42 Å². The number of carbonyl (C=O) groups is 1. The largest absolute Gasteiger partial charge is 0.459 e. The van der Waals surface area contributed by atoms with E-state index in [1.807, 2.05) is 0 Å². The second kappa shape index (κ2) is 4.63. The standard InChI is InChI=1S/C9H13ClO3/c1-2-6-7(3-4-10)9(12)13-8(6)5-11/h2,6-8,11H,1,3-5H2/t6-,7+,8-/m1/s1. The third-order valence-electron chi connectivity index (χ3n) is 2.34. The number of carbonyl (C=O) groups excluding carboxylic acids is 1. The summed E-state index contributed by atoms with van der Waals surface area (Å²) >= 11 is 5.56. The highest BCUT2D eigenvalue weighted by atomic mass is 35.5. The van der Waals surface area contributed by atoms with Gasteiger partial charge >= 0.3 is 5.97 Å². The van der Waals surface area contributed by atoms with Crippen LogP contribution in [0.2, 0.25) is 0 Å². The topological polar surface area (TPSA) is 46.5 Å². The van der Waals surface area contributed by atoms with Gasteiger partial charge in [0, 0.05) is 11.8 Å². The van der Waals surface area contributed by atoms with Gasteiger partial charge in [-0.15, -0.1) is 18.2 Å². The predicted molar refractivity (Wildman–Crippen MR) is 49.5 cm³/mol. The maximum atomic E-state index is 11.3. The van der Waals surface area contributed by atoms with Crippen molar-refractivity contribution in [3.63, 3.8) is 0 Å². The Hall–Kier alpha value is -0.540. The highest BCUT2D eigenvalue weighted by Gasteiger charge is 2.41. The van der Waals surface area contributed by atoms with Gasteiger partial charge in [-0.2, -0.15) is 0 Å².